The van der Waals surface area contributed by atoms with Crippen LogP contribution >= 0.6 is 79.6 Å². The Hall–Kier alpha value is 0.440. The average Bonchev–Trinajstić information content (AvgIpc) is 2.29. The number of hydrogen-bond acceptors (Lipinski definition) is 2. The molecule has 0 aromatic heterocycles. The first kappa shape index (κ1) is 15.8. The van der Waals surface area contributed by atoms with Crippen LogP contribution in [0.15, 0.2) is 46.6 Å². The predicted molar refractivity (Wildman–Crippen MR) is 93.1 cm³/mol. The summed E-state index contributed by atoms with van der Waals surface area (Å²) >= 11 is 16.9. The van der Waals surface area contributed by atoms with Gasteiger partial charge in [-0.1, -0.05) is 15.9 Å². The highest BCUT2D eigenvalue weighted by Crippen LogP contribution is 2.43. The smallest absolute Gasteiger partial charge is 0.155 e. The maximum Gasteiger partial charge on any atom is 0.155 e. The molecule has 19 heavy (non-hydrogen) atoms. The fourth-order valence-electron chi connectivity index (χ4n) is 1.33. The number of phenolic OH excluding ortho intramolecular Hbond substituents is 1. The SMILES string of the molecule is Oc1cc(Br)c(Oc2c(Br)cc(Br)cc2Br)cc1Br. The van der Waals surface area contributed by atoms with Gasteiger partial charge in [0.2, 0.25) is 0 Å². The normalized spacial score (nSPS) is 10.6. The lowest BCUT2D eigenvalue weighted by Crippen LogP contribution is -1.89. The number of halogens is 5. The lowest BCUT2D eigenvalue weighted by atomic mass is 10.3. The van der Waals surface area contributed by atoms with E-state index in [0.717, 1.165) is 13.4 Å². The molecule has 0 radical (unpaired) electrons. The number of hydrogen-bond donors (Lipinski definition) is 1. The molecule has 1 N–H and O–H groups in total. The van der Waals surface area contributed by atoms with Gasteiger partial charge in [0.15, 0.2) is 5.75 Å². The van der Waals surface area contributed by atoms with Crippen molar-refractivity contribution in [3.8, 4) is 17.2 Å². The molecule has 0 aliphatic rings. The fraction of sp³-hybridized carbons (Fsp3) is 0. The first-order valence-corrected chi connectivity index (χ1v) is 8.85. The van der Waals surface area contributed by atoms with Crippen molar-refractivity contribution >= 4 is 79.6 Å². The van der Waals surface area contributed by atoms with E-state index in [4.69, 9.17) is 4.74 Å². The van der Waals surface area contributed by atoms with E-state index < -0.39 is 0 Å². The Morgan fingerprint density at radius 2 is 1.32 bits per heavy atom. The molecule has 0 atom stereocenters. The topological polar surface area (TPSA) is 29.5 Å². The van der Waals surface area contributed by atoms with Gasteiger partial charge in [0, 0.05) is 4.47 Å². The Labute approximate surface area is 152 Å². The molecule has 0 amide bonds. The summed E-state index contributed by atoms with van der Waals surface area (Å²) in [5.41, 5.74) is 0. The van der Waals surface area contributed by atoms with E-state index in [1.165, 1.54) is 0 Å². The molecule has 2 aromatic rings. The molecule has 0 bridgehead atoms. The van der Waals surface area contributed by atoms with Crippen molar-refractivity contribution in [2.24, 2.45) is 0 Å². The number of rotatable bonds is 2. The van der Waals surface area contributed by atoms with Gasteiger partial charge in [-0.05, 0) is 88.0 Å². The summed E-state index contributed by atoms with van der Waals surface area (Å²) in [4.78, 5) is 0. The lowest BCUT2D eigenvalue weighted by molar-refractivity contribution is 0.456. The van der Waals surface area contributed by atoms with E-state index in [1.807, 2.05) is 12.1 Å². The number of phenols is 1. The van der Waals surface area contributed by atoms with Crippen molar-refractivity contribution in [2.45, 2.75) is 0 Å². The standard InChI is InChI=1S/C12H5Br5O2/c13-5-1-8(16)12(9(17)2-5)19-11-4-6(14)10(18)3-7(11)15/h1-4,18H. The van der Waals surface area contributed by atoms with Gasteiger partial charge in [0.1, 0.15) is 11.5 Å². The minimum absolute atomic E-state index is 0.146. The third-order valence-electron chi connectivity index (χ3n) is 2.18. The van der Waals surface area contributed by atoms with Crippen molar-refractivity contribution in [3.05, 3.63) is 46.6 Å². The van der Waals surface area contributed by atoms with E-state index in [9.17, 15) is 5.11 Å². The number of benzene rings is 2. The van der Waals surface area contributed by atoms with E-state index in [1.54, 1.807) is 12.1 Å². The Morgan fingerprint density at radius 3 is 1.89 bits per heavy atom. The lowest BCUT2D eigenvalue weighted by Gasteiger charge is -2.12. The molecule has 0 aliphatic heterocycles. The van der Waals surface area contributed by atoms with Gasteiger partial charge in [0.25, 0.3) is 0 Å². The highest BCUT2D eigenvalue weighted by atomic mass is 79.9. The van der Waals surface area contributed by atoms with Gasteiger partial charge in [0.05, 0.1) is 17.9 Å². The zero-order valence-electron chi connectivity index (χ0n) is 9.05. The quantitative estimate of drug-likeness (QED) is 0.415. The third-order valence-corrected chi connectivity index (χ3v) is 5.07. The summed E-state index contributed by atoms with van der Waals surface area (Å²) in [6, 6.07) is 7.05. The van der Waals surface area contributed by atoms with Crippen LogP contribution in [0.3, 0.4) is 0 Å². The van der Waals surface area contributed by atoms with Gasteiger partial charge in [-0.15, -0.1) is 0 Å². The molecule has 7 heteroatoms. The van der Waals surface area contributed by atoms with Crippen LogP contribution in [0.4, 0.5) is 0 Å². The van der Waals surface area contributed by atoms with Crippen LogP contribution in [0, 0.1) is 0 Å². The van der Waals surface area contributed by atoms with Crippen LogP contribution in [0.25, 0.3) is 0 Å². The molecule has 0 aliphatic carbocycles. The predicted octanol–water partition coefficient (Wildman–Crippen LogP) is 7.00. The minimum atomic E-state index is 0.146. The highest BCUT2D eigenvalue weighted by molar-refractivity contribution is 9.12. The maximum absolute atomic E-state index is 9.58. The van der Waals surface area contributed by atoms with Crippen molar-refractivity contribution in [3.63, 3.8) is 0 Å². The molecule has 100 valence electrons. The molecule has 0 heterocycles. The summed E-state index contributed by atoms with van der Waals surface area (Å²) in [6.07, 6.45) is 0. The highest BCUT2D eigenvalue weighted by Gasteiger charge is 2.13. The van der Waals surface area contributed by atoms with Crippen LogP contribution in [-0.4, -0.2) is 5.11 Å². The van der Waals surface area contributed by atoms with Crippen molar-refractivity contribution < 1.29 is 9.84 Å². The second-order valence-electron chi connectivity index (χ2n) is 3.53. The van der Waals surface area contributed by atoms with Gasteiger partial charge in [-0.3, -0.25) is 0 Å². The van der Waals surface area contributed by atoms with Gasteiger partial charge in [-0.25, -0.2) is 0 Å². The van der Waals surface area contributed by atoms with E-state index in [-0.39, 0.29) is 5.75 Å². The maximum atomic E-state index is 9.58. The van der Waals surface area contributed by atoms with E-state index in [0.29, 0.717) is 20.4 Å². The van der Waals surface area contributed by atoms with Crippen molar-refractivity contribution in [2.75, 3.05) is 0 Å². The summed E-state index contributed by atoms with van der Waals surface area (Å²) in [7, 11) is 0. The summed E-state index contributed by atoms with van der Waals surface area (Å²) in [5.74, 6) is 1.39. The van der Waals surface area contributed by atoms with Crippen LogP contribution in [0.1, 0.15) is 0 Å². The monoisotopic (exact) mass is 576 g/mol. The van der Waals surface area contributed by atoms with Crippen LogP contribution in [-0.2, 0) is 0 Å². The first-order valence-electron chi connectivity index (χ1n) is 4.89. The molecule has 0 saturated carbocycles. The van der Waals surface area contributed by atoms with Crippen LogP contribution < -0.4 is 4.74 Å². The van der Waals surface area contributed by atoms with Crippen LogP contribution in [0.5, 0.6) is 17.2 Å². The molecule has 0 unspecified atom stereocenters. The zero-order valence-corrected chi connectivity index (χ0v) is 17.0. The molecule has 0 fully saturated rings. The fourth-order valence-corrected chi connectivity index (χ4v) is 4.49. The molecule has 2 rings (SSSR count). The molecule has 2 nitrogen and oxygen atoms in total. The second-order valence-corrected chi connectivity index (χ2v) is 7.87. The largest absolute Gasteiger partial charge is 0.507 e. The molecular formula is C12H5Br5O2. The Bertz CT molecular complexity index is 619. The molecular weight excluding hydrogens is 576 g/mol. The Morgan fingerprint density at radius 1 is 0.737 bits per heavy atom. The third kappa shape index (κ3) is 3.75. The molecule has 2 aromatic carbocycles. The number of aromatic hydroxyl groups is 1. The number of ether oxygens (including phenoxy) is 1. The van der Waals surface area contributed by atoms with Crippen molar-refractivity contribution in [1.82, 2.24) is 0 Å². The first-order chi connectivity index (χ1) is 8.88. The van der Waals surface area contributed by atoms with Gasteiger partial charge in [-0.2, -0.15) is 0 Å². The molecule has 0 saturated heterocycles. The Balaban J connectivity index is 2.45. The Kier molecular flexibility index (Phi) is 5.39. The summed E-state index contributed by atoms with van der Waals surface area (Å²) < 4.78 is 9.64. The second kappa shape index (κ2) is 6.47. The molecule has 0 spiro atoms. The van der Waals surface area contributed by atoms with Gasteiger partial charge < -0.3 is 9.84 Å². The average molecular weight is 581 g/mol. The van der Waals surface area contributed by atoms with Gasteiger partial charge >= 0.3 is 0 Å². The van der Waals surface area contributed by atoms with E-state index >= 15 is 0 Å². The summed E-state index contributed by atoms with van der Waals surface area (Å²) in [6.45, 7) is 0. The summed E-state index contributed by atoms with van der Waals surface area (Å²) in [5, 5.41) is 9.58. The van der Waals surface area contributed by atoms with Crippen molar-refractivity contribution in [1.29, 1.82) is 0 Å². The zero-order chi connectivity index (χ0) is 14.2. The van der Waals surface area contributed by atoms with E-state index in [2.05, 4.69) is 79.6 Å². The minimum Gasteiger partial charge on any atom is -0.507 e. The van der Waals surface area contributed by atoms with Crippen LogP contribution in [0.2, 0.25) is 0 Å².